The van der Waals surface area contributed by atoms with Crippen LogP contribution in [-0.4, -0.2) is 36.9 Å². The van der Waals surface area contributed by atoms with E-state index in [1.165, 1.54) is 0 Å². The number of carbonyl (C=O) groups is 1. The molecule has 0 unspecified atom stereocenters. The lowest BCUT2D eigenvalue weighted by Gasteiger charge is -2.12. The molecule has 0 bridgehead atoms. The molecule has 0 aliphatic heterocycles. The summed E-state index contributed by atoms with van der Waals surface area (Å²) < 4.78 is 5.31. The molecular formula is C17H21NO3. The number of carbonyl (C=O) groups excluding carboxylic acids is 1. The first kappa shape index (κ1) is 15.5. The van der Waals surface area contributed by atoms with Gasteiger partial charge in [-0.1, -0.05) is 54.6 Å². The van der Waals surface area contributed by atoms with Crippen molar-refractivity contribution in [3.63, 3.8) is 0 Å². The van der Waals surface area contributed by atoms with Crippen LogP contribution in [0.2, 0.25) is 0 Å². The monoisotopic (exact) mass is 287 g/mol. The van der Waals surface area contributed by atoms with E-state index in [9.17, 15) is 4.79 Å². The lowest BCUT2D eigenvalue weighted by molar-refractivity contribution is -0.125. The summed E-state index contributed by atoms with van der Waals surface area (Å²) in [6.45, 7) is 0.582. The second-order valence-corrected chi connectivity index (χ2v) is 5.07. The average Bonchev–Trinajstić information content (AvgIpc) is 2.95. The summed E-state index contributed by atoms with van der Waals surface area (Å²) in [4.78, 5) is 11.7. The highest BCUT2D eigenvalue weighted by molar-refractivity contribution is 5.77. The highest BCUT2D eigenvalue weighted by Crippen LogP contribution is 2.16. The molecule has 2 N–H and O–H groups in total. The Morgan fingerprint density at radius 2 is 2.14 bits per heavy atom. The number of amides is 1. The minimum absolute atomic E-state index is 0.0121. The van der Waals surface area contributed by atoms with E-state index in [1.807, 2.05) is 54.6 Å². The van der Waals surface area contributed by atoms with Crippen molar-refractivity contribution in [2.75, 3.05) is 19.8 Å². The van der Waals surface area contributed by atoms with Gasteiger partial charge in [0.15, 0.2) is 0 Å². The highest BCUT2D eigenvalue weighted by Gasteiger charge is 2.19. The van der Waals surface area contributed by atoms with Crippen molar-refractivity contribution in [1.29, 1.82) is 0 Å². The third-order valence-electron chi connectivity index (χ3n) is 3.31. The Labute approximate surface area is 125 Å². The van der Waals surface area contributed by atoms with Crippen LogP contribution in [-0.2, 0) is 9.53 Å². The fourth-order valence-corrected chi connectivity index (χ4v) is 2.23. The maximum absolute atomic E-state index is 11.7. The van der Waals surface area contributed by atoms with E-state index >= 15 is 0 Å². The lowest BCUT2D eigenvalue weighted by Crippen LogP contribution is -2.35. The van der Waals surface area contributed by atoms with Gasteiger partial charge in [-0.05, 0) is 12.0 Å². The molecule has 1 aromatic carbocycles. The molecule has 2 rings (SSSR count). The fraction of sp³-hybridized carbons (Fsp3) is 0.353. The second kappa shape index (κ2) is 8.39. The van der Waals surface area contributed by atoms with Crippen LogP contribution >= 0.6 is 0 Å². The number of ether oxygens (including phenoxy) is 1. The summed E-state index contributed by atoms with van der Waals surface area (Å²) in [5.41, 5.74) is 1.11. The molecule has 1 aliphatic rings. The molecule has 0 saturated carbocycles. The summed E-state index contributed by atoms with van der Waals surface area (Å²) >= 11 is 0. The van der Waals surface area contributed by atoms with Crippen LogP contribution in [0.5, 0.6) is 0 Å². The van der Waals surface area contributed by atoms with Crippen molar-refractivity contribution < 1.29 is 14.6 Å². The van der Waals surface area contributed by atoms with Gasteiger partial charge in [-0.3, -0.25) is 4.79 Å². The largest absolute Gasteiger partial charge is 0.396 e. The maximum atomic E-state index is 11.7. The summed E-state index contributed by atoms with van der Waals surface area (Å²) in [6.07, 6.45) is 8.47. The third-order valence-corrected chi connectivity index (χ3v) is 3.31. The predicted octanol–water partition coefficient (Wildman–Crippen LogP) is 1.77. The highest BCUT2D eigenvalue weighted by atomic mass is 16.5. The minimum atomic E-state index is -0.128. The molecular weight excluding hydrogens is 266 g/mol. The van der Waals surface area contributed by atoms with Crippen molar-refractivity contribution >= 4 is 12.0 Å². The molecule has 1 amide bonds. The number of benzene rings is 1. The van der Waals surface area contributed by atoms with E-state index in [-0.39, 0.29) is 31.1 Å². The summed E-state index contributed by atoms with van der Waals surface area (Å²) in [5.74, 6) is 0.0291. The third kappa shape index (κ3) is 5.53. The Morgan fingerprint density at radius 1 is 1.33 bits per heavy atom. The van der Waals surface area contributed by atoms with E-state index in [4.69, 9.17) is 9.84 Å². The van der Waals surface area contributed by atoms with E-state index in [2.05, 4.69) is 5.32 Å². The fourth-order valence-electron chi connectivity index (χ4n) is 2.23. The van der Waals surface area contributed by atoms with Gasteiger partial charge < -0.3 is 15.2 Å². The number of aliphatic hydroxyl groups is 1. The topological polar surface area (TPSA) is 58.6 Å². The maximum Gasteiger partial charge on any atom is 0.246 e. The van der Waals surface area contributed by atoms with Crippen molar-refractivity contribution in [3.05, 3.63) is 54.1 Å². The van der Waals surface area contributed by atoms with Crippen molar-refractivity contribution in [2.45, 2.75) is 12.5 Å². The van der Waals surface area contributed by atoms with Gasteiger partial charge >= 0.3 is 0 Å². The molecule has 4 heteroatoms. The first-order chi connectivity index (χ1) is 10.3. The molecule has 2 atom stereocenters. The molecule has 112 valence electrons. The van der Waals surface area contributed by atoms with Gasteiger partial charge in [-0.15, -0.1) is 0 Å². The molecule has 0 aromatic heterocycles. The Balaban J connectivity index is 1.60. The number of rotatable bonds is 7. The van der Waals surface area contributed by atoms with Crippen molar-refractivity contribution in [2.24, 2.45) is 5.92 Å². The Morgan fingerprint density at radius 3 is 2.86 bits per heavy atom. The second-order valence-electron chi connectivity index (χ2n) is 5.07. The molecule has 4 nitrogen and oxygen atoms in total. The summed E-state index contributed by atoms with van der Waals surface area (Å²) in [6, 6.07) is 9.95. The van der Waals surface area contributed by atoms with Crippen LogP contribution < -0.4 is 5.32 Å². The minimum Gasteiger partial charge on any atom is -0.396 e. The first-order valence-electron chi connectivity index (χ1n) is 7.16. The zero-order valence-corrected chi connectivity index (χ0v) is 11.9. The molecule has 0 spiro atoms. The van der Waals surface area contributed by atoms with Crippen molar-refractivity contribution in [3.8, 4) is 0 Å². The normalized spacial score (nSPS) is 21.0. The zero-order chi connectivity index (χ0) is 14.9. The van der Waals surface area contributed by atoms with Gasteiger partial charge in [0.1, 0.15) is 6.61 Å². The van der Waals surface area contributed by atoms with Crippen LogP contribution in [0.4, 0.5) is 0 Å². The average molecular weight is 287 g/mol. The molecule has 0 heterocycles. The Kier molecular flexibility index (Phi) is 6.19. The van der Waals surface area contributed by atoms with E-state index in [1.54, 1.807) is 0 Å². The van der Waals surface area contributed by atoms with Crippen LogP contribution in [0.1, 0.15) is 12.0 Å². The number of aliphatic hydroxyl groups excluding tert-OH is 1. The van der Waals surface area contributed by atoms with Gasteiger partial charge in [0.2, 0.25) is 5.91 Å². The van der Waals surface area contributed by atoms with Crippen LogP contribution in [0, 0.1) is 5.92 Å². The van der Waals surface area contributed by atoms with E-state index < -0.39 is 0 Å². The quantitative estimate of drug-likeness (QED) is 0.593. The number of nitrogens with one attached hydrogen (secondary N) is 1. The standard InChI is InChI=1S/C17H21NO3/c19-12-15-8-9-16(11-15)18-17(20)13-21-10-4-7-14-5-2-1-3-6-14/h1-9,15-16,19H,10-13H2,(H,18,20)/b7-4+/t15-,16+/m0/s1. The Bertz CT molecular complexity index is 496. The molecule has 1 aliphatic carbocycles. The molecule has 0 radical (unpaired) electrons. The molecule has 21 heavy (non-hydrogen) atoms. The summed E-state index contributed by atoms with van der Waals surface area (Å²) in [5, 5.41) is 11.9. The number of hydrogen-bond donors (Lipinski definition) is 2. The van der Waals surface area contributed by atoms with E-state index in [0.717, 1.165) is 12.0 Å². The molecule has 0 fully saturated rings. The van der Waals surface area contributed by atoms with Crippen LogP contribution in [0.3, 0.4) is 0 Å². The molecule has 1 aromatic rings. The SMILES string of the molecule is O=C(COC/C=C/c1ccccc1)N[C@@H]1C=C[C@H](CO)C1. The van der Waals surface area contributed by atoms with Gasteiger partial charge in [-0.25, -0.2) is 0 Å². The first-order valence-corrected chi connectivity index (χ1v) is 7.16. The zero-order valence-electron chi connectivity index (χ0n) is 11.9. The lowest BCUT2D eigenvalue weighted by atomic mass is 10.1. The van der Waals surface area contributed by atoms with Gasteiger partial charge in [0, 0.05) is 18.6 Å². The van der Waals surface area contributed by atoms with Crippen LogP contribution in [0.25, 0.3) is 6.08 Å². The Hall–Kier alpha value is -1.91. The smallest absolute Gasteiger partial charge is 0.246 e. The summed E-state index contributed by atoms with van der Waals surface area (Å²) in [7, 11) is 0. The number of hydrogen-bond acceptors (Lipinski definition) is 3. The van der Waals surface area contributed by atoms with Crippen LogP contribution in [0.15, 0.2) is 48.6 Å². The van der Waals surface area contributed by atoms with E-state index in [0.29, 0.717) is 6.61 Å². The van der Waals surface area contributed by atoms with Gasteiger partial charge in [-0.2, -0.15) is 0 Å². The predicted molar refractivity (Wildman–Crippen MR) is 82.6 cm³/mol. The molecule has 0 saturated heterocycles. The van der Waals surface area contributed by atoms with Crippen molar-refractivity contribution in [1.82, 2.24) is 5.32 Å². The van der Waals surface area contributed by atoms with Gasteiger partial charge in [0.05, 0.1) is 6.61 Å². The van der Waals surface area contributed by atoms with Gasteiger partial charge in [0.25, 0.3) is 0 Å².